The lowest BCUT2D eigenvalue weighted by Gasteiger charge is -2.13. The number of hydrogen-bond donors (Lipinski definition) is 2. The van der Waals surface area contributed by atoms with Crippen LogP contribution in [0.25, 0.3) is 17.0 Å². The Balaban J connectivity index is 1.56. The van der Waals surface area contributed by atoms with Crippen molar-refractivity contribution in [3.05, 3.63) is 70.7 Å². The summed E-state index contributed by atoms with van der Waals surface area (Å²) in [5.41, 5.74) is 2.15. The average molecular weight is 361 g/mol. The number of aryl methyl sites for hydroxylation is 1. The largest absolute Gasteiger partial charge is 0.360 e. The maximum absolute atomic E-state index is 11.8. The molecule has 0 aliphatic rings. The second-order valence-corrected chi connectivity index (χ2v) is 6.22. The molecule has 1 unspecified atom stereocenters. The molecular weight excluding hydrogens is 342 g/mol. The summed E-state index contributed by atoms with van der Waals surface area (Å²) in [5, 5.41) is 11.8. The predicted octanol–water partition coefficient (Wildman–Crippen LogP) is 2.61. The van der Waals surface area contributed by atoms with E-state index in [1.807, 2.05) is 54.8 Å². The van der Waals surface area contributed by atoms with Crippen molar-refractivity contribution >= 4 is 11.5 Å². The van der Waals surface area contributed by atoms with Gasteiger partial charge in [0.15, 0.2) is 11.5 Å². The van der Waals surface area contributed by atoms with Gasteiger partial charge in [-0.05, 0) is 37.6 Å². The van der Waals surface area contributed by atoms with Crippen molar-refractivity contribution in [1.29, 1.82) is 0 Å². The van der Waals surface area contributed by atoms with Crippen LogP contribution in [-0.2, 0) is 6.42 Å². The predicted molar refractivity (Wildman–Crippen MR) is 102 cm³/mol. The summed E-state index contributed by atoms with van der Waals surface area (Å²) in [6.45, 7) is 3.97. The zero-order valence-electron chi connectivity index (χ0n) is 15.0. The van der Waals surface area contributed by atoms with Gasteiger partial charge < -0.3 is 10.3 Å². The number of aromatic amines is 1. The molecule has 0 saturated heterocycles. The average Bonchev–Trinajstić information content (AvgIpc) is 3.12. The molecule has 0 radical (unpaired) electrons. The minimum atomic E-state index is -0.161. The van der Waals surface area contributed by atoms with Gasteiger partial charge in [-0.1, -0.05) is 13.0 Å². The van der Waals surface area contributed by atoms with Gasteiger partial charge in [-0.2, -0.15) is 0 Å². The molecule has 1 atom stereocenters. The summed E-state index contributed by atoms with van der Waals surface area (Å²) in [6.07, 6.45) is 4.32. The number of fused-ring (bicyclic) bond motifs is 1. The summed E-state index contributed by atoms with van der Waals surface area (Å²) >= 11 is 0. The van der Waals surface area contributed by atoms with Crippen LogP contribution in [0.3, 0.4) is 0 Å². The maximum atomic E-state index is 11.8. The van der Waals surface area contributed by atoms with Gasteiger partial charge in [0.25, 0.3) is 5.56 Å². The molecule has 4 rings (SSSR count). The van der Waals surface area contributed by atoms with Crippen LogP contribution in [0.5, 0.6) is 0 Å². The Morgan fingerprint density at radius 2 is 2.11 bits per heavy atom. The molecule has 0 saturated carbocycles. The highest BCUT2D eigenvalue weighted by molar-refractivity contribution is 5.56. The molecule has 4 heterocycles. The third-order valence-corrected chi connectivity index (χ3v) is 4.29. The topological polar surface area (TPSA) is 101 Å². The normalized spacial score (nSPS) is 12.2. The Kier molecular flexibility index (Phi) is 4.37. The summed E-state index contributed by atoms with van der Waals surface area (Å²) in [6, 6.07) is 10.9. The molecule has 8 nitrogen and oxygen atoms in total. The Morgan fingerprint density at radius 1 is 1.22 bits per heavy atom. The first-order valence-electron chi connectivity index (χ1n) is 8.77. The van der Waals surface area contributed by atoms with E-state index in [2.05, 4.69) is 30.5 Å². The number of hydrogen-bond acceptors (Lipinski definition) is 6. The molecule has 0 bridgehead atoms. The zero-order chi connectivity index (χ0) is 18.8. The molecule has 8 heteroatoms. The fourth-order valence-electron chi connectivity index (χ4n) is 2.89. The Morgan fingerprint density at radius 3 is 2.89 bits per heavy atom. The fourth-order valence-corrected chi connectivity index (χ4v) is 2.89. The number of rotatable bonds is 5. The minimum Gasteiger partial charge on any atom is -0.360 e. The van der Waals surface area contributed by atoms with E-state index in [0.29, 0.717) is 18.1 Å². The summed E-state index contributed by atoms with van der Waals surface area (Å²) in [5.74, 6) is 2.03. The van der Waals surface area contributed by atoms with Gasteiger partial charge in [0.1, 0.15) is 11.6 Å². The first kappa shape index (κ1) is 16.9. The Bertz CT molecular complexity index is 1130. The van der Waals surface area contributed by atoms with E-state index in [1.165, 1.54) is 6.07 Å². The van der Waals surface area contributed by atoms with Crippen molar-refractivity contribution in [3.63, 3.8) is 0 Å². The van der Waals surface area contributed by atoms with E-state index < -0.39 is 0 Å². The van der Waals surface area contributed by atoms with Crippen LogP contribution in [0.4, 0.5) is 5.82 Å². The number of anilines is 1. The summed E-state index contributed by atoms with van der Waals surface area (Å²) < 4.78 is 1.94. The highest BCUT2D eigenvalue weighted by Gasteiger charge is 2.13. The van der Waals surface area contributed by atoms with Crippen LogP contribution in [0.2, 0.25) is 0 Å². The molecular formula is C19H19N7O. The number of H-pyrrole nitrogens is 1. The van der Waals surface area contributed by atoms with E-state index in [0.717, 1.165) is 22.7 Å². The fraction of sp³-hybridized carbons (Fsp3) is 0.211. The minimum absolute atomic E-state index is 0.0814. The molecule has 0 spiro atoms. The van der Waals surface area contributed by atoms with Gasteiger partial charge in [-0.25, -0.2) is 9.97 Å². The number of nitrogens with one attached hydrogen (secondary N) is 2. The quantitative estimate of drug-likeness (QED) is 0.567. The number of pyridine rings is 2. The van der Waals surface area contributed by atoms with Gasteiger partial charge in [0, 0.05) is 29.7 Å². The third kappa shape index (κ3) is 3.41. The van der Waals surface area contributed by atoms with Crippen molar-refractivity contribution in [1.82, 2.24) is 29.5 Å². The maximum Gasteiger partial charge on any atom is 0.251 e. The van der Waals surface area contributed by atoms with Crippen molar-refractivity contribution < 1.29 is 0 Å². The molecule has 0 aliphatic heterocycles. The van der Waals surface area contributed by atoms with Crippen molar-refractivity contribution in [2.75, 3.05) is 5.32 Å². The van der Waals surface area contributed by atoms with Crippen LogP contribution in [0, 0.1) is 0 Å². The van der Waals surface area contributed by atoms with Gasteiger partial charge in [-0.3, -0.25) is 9.20 Å². The Labute approximate surface area is 155 Å². The lowest BCUT2D eigenvalue weighted by Crippen LogP contribution is -2.12. The molecule has 2 N–H and O–H groups in total. The third-order valence-electron chi connectivity index (χ3n) is 4.29. The monoisotopic (exact) mass is 361 g/mol. The number of aromatic nitrogens is 6. The lowest BCUT2D eigenvalue weighted by molar-refractivity contribution is 0.768. The standard InChI is InChI=1S/C19H19N7O/c1-3-14-10-17(27)23-18(22-14)13-7-8-15(20-11-13)21-12(2)19-25-24-16-6-4-5-9-26(16)19/h4-12H,3H2,1-2H3,(H,20,21)(H,22,23,27). The molecule has 4 aromatic rings. The molecule has 0 fully saturated rings. The highest BCUT2D eigenvalue weighted by atomic mass is 16.1. The molecule has 0 aromatic carbocycles. The van der Waals surface area contributed by atoms with Crippen LogP contribution < -0.4 is 10.9 Å². The number of nitrogens with zero attached hydrogens (tertiary/aromatic N) is 5. The molecule has 27 heavy (non-hydrogen) atoms. The molecule has 4 aromatic heterocycles. The van der Waals surface area contributed by atoms with Crippen molar-refractivity contribution in [2.24, 2.45) is 0 Å². The first-order chi connectivity index (χ1) is 13.1. The lowest BCUT2D eigenvalue weighted by atomic mass is 10.2. The van der Waals surface area contributed by atoms with Crippen LogP contribution in [-0.4, -0.2) is 29.5 Å². The second-order valence-electron chi connectivity index (χ2n) is 6.22. The van der Waals surface area contributed by atoms with Crippen LogP contribution >= 0.6 is 0 Å². The van der Waals surface area contributed by atoms with E-state index in [-0.39, 0.29) is 11.6 Å². The molecule has 136 valence electrons. The Hall–Kier alpha value is -3.55. The first-order valence-corrected chi connectivity index (χ1v) is 8.77. The summed E-state index contributed by atoms with van der Waals surface area (Å²) in [7, 11) is 0. The smallest absolute Gasteiger partial charge is 0.251 e. The molecule has 0 aliphatic carbocycles. The van der Waals surface area contributed by atoms with Gasteiger partial charge in [-0.15, -0.1) is 10.2 Å². The van der Waals surface area contributed by atoms with E-state index in [9.17, 15) is 4.79 Å². The van der Waals surface area contributed by atoms with Crippen molar-refractivity contribution in [3.8, 4) is 11.4 Å². The van der Waals surface area contributed by atoms with Gasteiger partial charge in [0.2, 0.25) is 0 Å². The summed E-state index contributed by atoms with van der Waals surface area (Å²) in [4.78, 5) is 23.4. The van der Waals surface area contributed by atoms with E-state index >= 15 is 0 Å². The molecule has 0 amide bonds. The van der Waals surface area contributed by atoms with Crippen LogP contribution in [0.1, 0.15) is 31.4 Å². The van der Waals surface area contributed by atoms with Crippen LogP contribution in [0.15, 0.2) is 53.6 Å². The zero-order valence-corrected chi connectivity index (χ0v) is 15.0. The highest BCUT2D eigenvalue weighted by Crippen LogP contribution is 2.19. The van der Waals surface area contributed by atoms with Gasteiger partial charge >= 0.3 is 0 Å². The van der Waals surface area contributed by atoms with Crippen molar-refractivity contribution in [2.45, 2.75) is 26.3 Å². The van der Waals surface area contributed by atoms with E-state index in [4.69, 9.17) is 0 Å². The second kappa shape index (κ2) is 6.99. The van der Waals surface area contributed by atoms with E-state index in [1.54, 1.807) is 6.20 Å². The van der Waals surface area contributed by atoms with Gasteiger partial charge in [0.05, 0.1) is 6.04 Å². The SMILES string of the molecule is CCc1cc(=O)[nH]c(-c2ccc(NC(C)c3nnc4ccccn34)nc2)n1.